The Labute approximate surface area is 173 Å². The number of sulfonamides is 1. The number of aromatic nitrogens is 4. The fraction of sp³-hybridized carbons (Fsp3) is 0.263. The summed E-state index contributed by atoms with van der Waals surface area (Å²) in [6.45, 7) is 5.13. The van der Waals surface area contributed by atoms with Crippen LogP contribution in [0.25, 0.3) is 5.69 Å². The van der Waals surface area contributed by atoms with Gasteiger partial charge in [0.25, 0.3) is 5.91 Å². The molecule has 0 unspecified atom stereocenters. The maximum absolute atomic E-state index is 14.2. The molecule has 0 atom stereocenters. The molecule has 0 fully saturated rings. The maximum atomic E-state index is 14.2. The number of amides is 1. The highest BCUT2D eigenvalue weighted by molar-refractivity contribution is 7.89. The van der Waals surface area contributed by atoms with Crippen molar-refractivity contribution in [1.29, 1.82) is 0 Å². The van der Waals surface area contributed by atoms with Crippen LogP contribution in [0.3, 0.4) is 0 Å². The molecule has 0 aliphatic heterocycles. The number of aryl methyl sites for hydroxylation is 1. The molecule has 1 N–H and O–H groups in total. The van der Waals surface area contributed by atoms with Gasteiger partial charge in [-0.25, -0.2) is 12.8 Å². The molecule has 3 aromatic rings. The van der Waals surface area contributed by atoms with Gasteiger partial charge >= 0.3 is 0 Å². The molecule has 0 bridgehead atoms. The van der Waals surface area contributed by atoms with E-state index in [4.69, 9.17) is 0 Å². The highest BCUT2D eigenvalue weighted by Crippen LogP contribution is 2.21. The Kier molecular flexibility index (Phi) is 5.94. The summed E-state index contributed by atoms with van der Waals surface area (Å²) >= 11 is 0. The lowest BCUT2D eigenvalue weighted by atomic mass is 10.2. The Morgan fingerprint density at radius 2 is 1.93 bits per heavy atom. The predicted octanol–water partition coefficient (Wildman–Crippen LogP) is 2.39. The van der Waals surface area contributed by atoms with Crippen LogP contribution in [0.4, 0.5) is 10.1 Å². The Balaban J connectivity index is 1.88. The van der Waals surface area contributed by atoms with E-state index < -0.39 is 21.7 Å². The van der Waals surface area contributed by atoms with Crippen molar-refractivity contribution < 1.29 is 17.6 Å². The summed E-state index contributed by atoms with van der Waals surface area (Å²) < 4.78 is 42.0. The minimum atomic E-state index is -3.74. The van der Waals surface area contributed by atoms with Crippen molar-refractivity contribution in [2.24, 2.45) is 0 Å². The number of benzene rings is 2. The van der Waals surface area contributed by atoms with E-state index >= 15 is 0 Å². The molecule has 2 aromatic carbocycles. The summed E-state index contributed by atoms with van der Waals surface area (Å²) in [4.78, 5) is 12.7. The van der Waals surface area contributed by atoms with Crippen molar-refractivity contribution in [2.45, 2.75) is 31.7 Å². The first-order valence-corrected chi connectivity index (χ1v) is 10.5. The van der Waals surface area contributed by atoms with Crippen LogP contribution in [0.2, 0.25) is 0 Å². The number of hydrogen-bond donors (Lipinski definition) is 1. The molecule has 1 aromatic heterocycles. The molecule has 0 aliphatic rings. The van der Waals surface area contributed by atoms with E-state index in [1.807, 2.05) is 0 Å². The Bertz CT molecular complexity index is 1190. The third-order valence-electron chi connectivity index (χ3n) is 4.56. The lowest BCUT2D eigenvalue weighted by molar-refractivity contribution is 0.102. The fourth-order valence-corrected chi connectivity index (χ4v) is 4.07. The van der Waals surface area contributed by atoms with Gasteiger partial charge in [0.15, 0.2) is 5.82 Å². The van der Waals surface area contributed by atoms with Gasteiger partial charge in [0.05, 0.1) is 4.90 Å². The number of halogens is 1. The van der Waals surface area contributed by atoms with Crippen LogP contribution in [0, 0.1) is 12.7 Å². The number of nitrogens with zero attached hydrogens (tertiary/aromatic N) is 5. The Hall–Kier alpha value is -3.18. The quantitative estimate of drug-likeness (QED) is 0.640. The lowest BCUT2D eigenvalue weighted by Gasteiger charge is -2.21. The molecule has 9 nitrogen and oxygen atoms in total. The van der Waals surface area contributed by atoms with Gasteiger partial charge in [-0.05, 0) is 67.6 Å². The summed E-state index contributed by atoms with van der Waals surface area (Å²) in [6, 6.07) is 9.47. The standard InChI is InChI=1S/C19H21FN6O3S/c1-12(2)25(4)30(28,29)16-7-5-6-14(10-16)19(27)21-15-8-9-17(20)18(11-15)26-13(3)22-23-24-26/h5-12H,1-4H3,(H,21,27). The van der Waals surface area contributed by atoms with Crippen molar-refractivity contribution in [2.75, 3.05) is 12.4 Å². The number of tetrazole rings is 1. The SMILES string of the molecule is Cc1nnnn1-c1cc(NC(=O)c2cccc(S(=O)(=O)N(C)C(C)C)c2)ccc1F. The predicted molar refractivity (Wildman–Crippen MR) is 108 cm³/mol. The van der Waals surface area contributed by atoms with Gasteiger partial charge in [-0.2, -0.15) is 8.99 Å². The van der Waals surface area contributed by atoms with Gasteiger partial charge < -0.3 is 5.32 Å². The molecule has 158 valence electrons. The smallest absolute Gasteiger partial charge is 0.255 e. The summed E-state index contributed by atoms with van der Waals surface area (Å²) in [5.41, 5.74) is 0.529. The molecule has 0 radical (unpaired) electrons. The molecule has 0 spiro atoms. The number of rotatable bonds is 6. The second-order valence-corrected chi connectivity index (χ2v) is 8.90. The first-order valence-electron chi connectivity index (χ1n) is 9.05. The second-order valence-electron chi connectivity index (χ2n) is 6.90. The fourth-order valence-electron chi connectivity index (χ4n) is 2.65. The third-order valence-corrected chi connectivity index (χ3v) is 6.59. The van der Waals surface area contributed by atoms with Crippen LogP contribution in [-0.2, 0) is 10.0 Å². The van der Waals surface area contributed by atoms with Crippen LogP contribution in [-0.4, -0.2) is 51.9 Å². The molecule has 3 rings (SSSR count). The van der Waals surface area contributed by atoms with Gasteiger partial charge in [-0.15, -0.1) is 5.10 Å². The zero-order valence-electron chi connectivity index (χ0n) is 16.9. The number of carbonyl (C=O) groups is 1. The number of carbonyl (C=O) groups excluding carboxylic acids is 1. The van der Waals surface area contributed by atoms with Crippen LogP contribution in [0.5, 0.6) is 0 Å². The Morgan fingerprint density at radius 1 is 1.20 bits per heavy atom. The van der Waals surface area contributed by atoms with Crippen molar-refractivity contribution in [3.63, 3.8) is 0 Å². The monoisotopic (exact) mass is 432 g/mol. The van der Waals surface area contributed by atoms with Gasteiger partial charge in [0.1, 0.15) is 11.5 Å². The summed E-state index contributed by atoms with van der Waals surface area (Å²) in [5.74, 6) is -0.719. The van der Waals surface area contributed by atoms with Crippen LogP contribution < -0.4 is 5.32 Å². The molecular formula is C19H21FN6O3S. The van der Waals surface area contributed by atoms with Crippen LogP contribution in [0.1, 0.15) is 30.0 Å². The van der Waals surface area contributed by atoms with Gasteiger partial charge in [-0.1, -0.05) is 6.07 Å². The first-order chi connectivity index (χ1) is 14.1. The summed E-state index contributed by atoms with van der Waals surface area (Å²) in [6.07, 6.45) is 0. The number of anilines is 1. The van der Waals surface area contributed by atoms with E-state index in [9.17, 15) is 17.6 Å². The molecule has 30 heavy (non-hydrogen) atoms. The molecule has 0 saturated carbocycles. The summed E-state index contributed by atoms with van der Waals surface area (Å²) in [5, 5.41) is 13.6. The topological polar surface area (TPSA) is 110 Å². The number of hydrogen-bond acceptors (Lipinski definition) is 6. The van der Waals surface area contributed by atoms with E-state index in [1.54, 1.807) is 20.8 Å². The Morgan fingerprint density at radius 3 is 2.57 bits per heavy atom. The molecule has 11 heteroatoms. The van der Waals surface area contributed by atoms with Crippen molar-refractivity contribution in [1.82, 2.24) is 24.5 Å². The average molecular weight is 432 g/mol. The molecular weight excluding hydrogens is 411 g/mol. The molecule has 0 saturated heterocycles. The van der Waals surface area contributed by atoms with Crippen LogP contribution >= 0.6 is 0 Å². The second kappa shape index (κ2) is 8.28. The zero-order valence-corrected chi connectivity index (χ0v) is 17.7. The zero-order chi connectivity index (χ0) is 22.1. The lowest BCUT2D eigenvalue weighted by Crippen LogP contribution is -2.33. The summed E-state index contributed by atoms with van der Waals surface area (Å²) in [7, 11) is -2.26. The van der Waals surface area contributed by atoms with Gasteiger partial charge in [0, 0.05) is 24.3 Å². The van der Waals surface area contributed by atoms with Crippen molar-refractivity contribution in [3.8, 4) is 5.69 Å². The third kappa shape index (κ3) is 4.21. The van der Waals surface area contributed by atoms with Crippen molar-refractivity contribution in [3.05, 3.63) is 59.7 Å². The minimum Gasteiger partial charge on any atom is -0.322 e. The van der Waals surface area contributed by atoms with E-state index in [-0.39, 0.29) is 22.2 Å². The average Bonchev–Trinajstić information content (AvgIpc) is 3.14. The highest BCUT2D eigenvalue weighted by atomic mass is 32.2. The molecule has 1 heterocycles. The normalized spacial score (nSPS) is 11.8. The minimum absolute atomic E-state index is 0.00969. The first kappa shape index (κ1) is 21.5. The highest BCUT2D eigenvalue weighted by Gasteiger charge is 2.24. The number of nitrogens with one attached hydrogen (secondary N) is 1. The van der Waals surface area contributed by atoms with Crippen molar-refractivity contribution >= 4 is 21.6 Å². The van der Waals surface area contributed by atoms with E-state index in [2.05, 4.69) is 20.8 Å². The van der Waals surface area contributed by atoms with Gasteiger partial charge in [-0.3, -0.25) is 4.79 Å². The van der Waals surface area contributed by atoms with E-state index in [0.29, 0.717) is 11.5 Å². The van der Waals surface area contributed by atoms with E-state index in [1.165, 1.54) is 58.5 Å². The maximum Gasteiger partial charge on any atom is 0.255 e. The molecule has 0 aliphatic carbocycles. The van der Waals surface area contributed by atoms with Gasteiger partial charge in [0.2, 0.25) is 10.0 Å². The van der Waals surface area contributed by atoms with Crippen LogP contribution in [0.15, 0.2) is 47.4 Å². The largest absolute Gasteiger partial charge is 0.322 e. The molecule has 1 amide bonds. The van der Waals surface area contributed by atoms with E-state index in [0.717, 1.165) is 0 Å².